The van der Waals surface area contributed by atoms with Crippen molar-refractivity contribution in [1.29, 1.82) is 0 Å². The Bertz CT molecular complexity index is 101. The van der Waals surface area contributed by atoms with Crippen molar-refractivity contribution in [1.82, 2.24) is 0 Å². The molecule has 1 unspecified atom stereocenters. The van der Waals surface area contributed by atoms with Crippen molar-refractivity contribution in [2.75, 3.05) is 0 Å². The van der Waals surface area contributed by atoms with Crippen molar-refractivity contribution in [2.45, 2.75) is 84.2 Å². The van der Waals surface area contributed by atoms with E-state index in [1.165, 1.54) is 44.9 Å². The molecule has 0 saturated heterocycles. The molecule has 0 aromatic rings. The van der Waals surface area contributed by atoms with Crippen molar-refractivity contribution in [3.63, 3.8) is 0 Å². The first-order chi connectivity index (χ1) is 6.81. The maximum atomic E-state index is 11.1. The molecule has 0 fully saturated rings. The highest BCUT2D eigenvalue weighted by atomic mass is 16.3. The van der Waals surface area contributed by atoms with E-state index in [2.05, 4.69) is 6.92 Å². The number of unbranched alkanes of at least 4 members (excludes halogenated alkanes) is 7. The topological polar surface area (TPSA) is 19.9 Å². The van der Waals surface area contributed by atoms with Gasteiger partial charge in [0, 0.05) is 0 Å². The van der Waals surface area contributed by atoms with Gasteiger partial charge in [0.25, 0.3) is 0 Å². The van der Waals surface area contributed by atoms with Gasteiger partial charge in [-0.2, -0.15) is 0 Å². The zero-order valence-corrected chi connectivity index (χ0v) is 10.1. The lowest BCUT2D eigenvalue weighted by Gasteiger charge is -2.04. The van der Waals surface area contributed by atoms with Crippen molar-refractivity contribution in [3.8, 4) is 0 Å². The predicted octanol–water partition coefficient (Wildman–Crippen LogP) is 4.73. The van der Waals surface area contributed by atoms with Crippen LogP contribution in [0.5, 0.6) is 0 Å². The molecule has 0 aromatic carbocycles. The van der Waals surface area contributed by atoms with Crippen molar-refractivity contribution < 1.29 is 5.11 Å². The normalized spacial score (nSPS) is 13.1. The molecule has 0 rings (SSSR count). The first-order valence-electron chi connectivity index (χ1n) is 6.47. The molecule has 1 radical (unpaired) electrons. The summed E-state index contributed by atoms with van der Waals surface area (Å²) in [6.45, 7) is 4.24. The van der Waals surface area contributed by atoms with Gasteiger partial charge in [0.1, 0.15) is 0 Å². The molecule has 0 amide bonds. The maximum absolute atomic E-state index is 11.1. The summed E-state index contributed by atoms with van der Waals surface area (Å²) in [6, 6.07) is 0. The van der Waals surface area contributed by atoms with E-state index < -0.39 is 0 Å². The minimum absolute atomic E-state index is 0.296. The fourth-order valence-electron chi connectivity index (χ4n) is 1.71. The summed E-state index contributed by atoms with van der Waals surface area (Å²) in [4.78, 5) is 0. The number of rotatable bonds is 10. The van der Waals surface area contributed by atoms with Crippen LogP contribution >= 0.6 is 0 Å². The van der Waals surface area contributed by atoms with Crippen LogP contribution in [0.3, 0.4) is 0 Å². The zero-order valence-electron chi connectivity index (χ0n) is 10.1. The van der Waals surface area contributed by atoms with Gasteiger partial charge in [0.15, 0.2) is 0 Å². The minimum atomic E-state index is -0.296. The smallest absolute Gasteiger partial charge is 0.0927 e. The quantitative estimate of drug-likeness (QED) is 0.453. The molecule has 1 nitrogen and oxygen atoms in total. The molecule has 85 valence electrons. The van der Waals surface area contributed by atoms with Crippen LogP contribution in [-0.2, 0) is 5.11 Å². The highest BCUT2D eigenvalue weighted by molar-refractivity contribution is 4.53. The SMILES string of the molecule is CCCCCCCCCCC([O])CC. The number of hydrogen-bond donors (Lipinski definition) is 0. The molecular weight excluding hydrogens is 172 g/mol. The van der Waals surface area contributed by atoms with Gasteiger partial charge in [-0.05, 0) is 12.8 Å². The van der Waals surface area contributed by atoms with Crippen LogP contribution in [0.4, 0.5) is 0 Å². The fourth-order valence-corrected chi connectivity index (χ4v) is 1.71. The lowest BCUT2D eigenvalue weighted by atomic mass is 10.0. The zero-order chi connectivity index (χ0) is 10.6. The first kappa shape index (κ1) is 14.0. The van der Waals surface area contributed by atoms with Crippen LogP contribution < -0.4 is 0 Å². The molecule has 0 heterocycles. The third-order valence-electron chi connectivity index (χ3n) is 2.83. The molecule has 0 aliphatic rings. The Balaban J connectivity index is 2.92. The van der Waals surface area contributed by atoms with Crippen LogP contribution in [0.15, 0.2) is 0 Å². The van der Waals surface area contributed by atoms with E-state index in [-0.39, 0.29) is 6.10 Å². The lowest BCUT2D eigenvalue weighted by molar-refractivity contribution is 0.0755. The van der Waals surface area contributed by atoms with Crippen LogP contribution in [0, 0.1) is 0 Å². The van der Waals surface area contributed by atoms with Gasteiger partial charge in [-0.3, -0.25) is 0 Å². The monoisotopic (exact) mass is 199 g/mol. The summed E-state index contributed by atoms with van der Waals surface area (Å²) < 4.78 is 0. The Morgan fingerprint density at radius 1 is 0.786 bits per heavy atom. The second-order valence-corrected chi connectivity index (χ2v) is 4.29. The summed E-state index contributed by atoms with van der Waals surface area (Å²) in [6.07, 6.45) is 12.0. The molecule has 0 bridgehead atoms. The largest absolute Gasteiger partial charge is 0.233 e. The lowest BCUT2D eigenvalue weighted by Crippen LogP contribution is -2.01. The Morgan fingerprint density at radius 2 is 1.29 bits per heavy atom. The molecule has 1 heteroatoms. The summed E-state index contributed by atoms with van der Waals surface area (Å²) in [5, 5.41) is 11.1. The molecule has 0 spiro atoms. The summed E-state index contributed by atoms with van der Waals surface area (Å²) in [7, 11) is 0. The summed E-state index contributed by atoms with van der Waals surface area (Å²) >= 11 is 0. The van der Waals surface area contributed by atoms with E-state index in [0.29, 0.717) is 0 Å². The van der Waals surface area contributed by atoms with E-state index in [1.54, 1.807) is 0 Å². The van der Waals surface area contributed by atoms with E-state index in [1.807, 2.05) is 6.92 Å². The van der Waals surface area contributed by atoms with Crippen molar-refractivity contribution in [2.24, 2.45) is 0 Å². The van der Waals surface area contributed by atoms with Crippen LogP contribution in [0.2, 0.25) is 0 Å². The maximum Gasteiger partial charge on any atom is 0.0927 e. The minimum Gasteiger partial charge on any atom is -0.233 e. The molecule has 0 aromatic heterocycles. The average Bonchev–Trinajstić information content (AvgIpc) is 2.21. The molecule has 0 aliphatic heterocycles. The van der Waals surface area contributed by atoms with Crippen molar-refractivity contribution in [3.05, 3.63) is 0 Å². The average molecular weight is 199 g/mol. The fraction of sp³-hybridized carbons (Fsp3) is 1.00. The van der Waals surface area contributed by atoms with Gasteiger partial charge < -0.3 is 0 Å². The van der Waals surface area contributed by atoms with E-state index in [9.17, 15) is 5.11 Å². The third kappa shape index (κ3) is 10.0. The second kappa shape index (κ2) is 11.0. The Kier molecular flexibility index (Phi) is 11.0. The Morgan fingerprint density at radius 3 is 1.79 bits per heavy atom. The molecule has 0 aliphatic carbocycles. The van der Waals surface area contributed by atoms with E-state index in [4.69, 9.17) is 0 Å². The van der Waals surface area contributed by atoms with Gasteiger partial charge in [-0.15, -0.1) is 0 Å². The van der Waals surface area contributed by atoms with Gasteiger partial charge in [0.05, 0.1) is 6.10 Å². The summed E-state index contributed by atoms with van der Waals surface area (Å²) in [5.74, 6) is 0. The standard InChI is InChI=1S/C13H27O/c1-3-5-6-7-8-9-10-11-12-13(14)4-2/h13H,3-12H2,1-2H3. The highest BCUT2D eigenvalue weighted by Gasteiger charge is 2.01. The van der Waals surface area contributed by atoms with E-state index in [0.717, 1.165) is 19.3 Å². The van der Waals surface area contributed by atoms with Crippen molar-refractivity contribution >= 4 is 0 Å². The Hall–Kier alpha value is -0.0400. The second-order valence-electron chi connectivity index (χ2n) is 4.29. The molecule has 0 N–H and O–H groups in total. The first-order valence-corrected chi connectivity index (χ1v) is 6.47. The van der Waals surface area contributed by atoms with Gasteiger partial charge in [-0.1, -0.05) is 65.2 Å². The third-order valence-corrected chi connectivity index (χ3v) is 2.83. The van der Waals surface area contributed by atoms with Crippen LogP contribution in [-0.4, -0.2) is 6.10 Å². The van der Waals surface area contributed by atoms with Crippen LogP contribution in [0.25, 0.3) is 0 Å². The van der Waals surface area contributed by atoms with Gasteiger partial charge in [0.2, 0.25) is 0 Å². The molecular formula is C13H27O. The van der Waals surface area contributed by atoms with Gasteiger partial charge >= 0.3 is 0 Å². The highest BCUT2D eigenvalue weighted by Crippen LogP contribution is 2.11. The number of hydrogen-bond acceptors (Lipinski definition) is 0. The van der Waals surface area contributed by atoms with Crippen LogP contribution in [0.1, 0.15) is 78.1 Å². The van der Waals surface area contributed by atoms with E-state index >= 15 is 0 Å². The molecule has 1 atom stereocenters. The van der Waals surface area contributed by atoms with Gasteiger partial charge in [-0.25, -0.2) is 5.11 Å². The summed E-state index contributed by atoms with van der Waals surface area (Å²) in [5.41, 5.74) is 0. The molecule has 0 saturated carbocycles. The predicted molar refractivity (Wildman–Crippen MR) is 62.0 cm³/mol. The molecule has 14 heavy (non-hydrogen) atoms. The Labute approximate surface area is 89.9 Å².